The Labute approximate surface area is 80.0 Å². The Morgan fingerprint density at radius 1 is 1.30 bits per heavy atom. The van der Waals surface area contributed by atoms with Crippen LogP contribution in [0.3, 0.4) is 0 Å². The smallest absolute Gasteiger partial charge is 0.356 e. The number of nitrogens with zero attached hydrogens (tertiary/aromatic N) is 1. The molecule has 0 aromatic carbocycles. The molecule has 0 aromatic heterocycles. The summed E-state index contributed by atoms with van der Waals surface area (Å²) in [6, 6.07) is 0. The Hall–Kier alpha value is 0.290. The molecule has 0 heterocycles. The van der Waals surface area contributed by atoms with E-state index in [1.54, 1.807) is 0 Å². The van der Waals surface area contributed by atoms with Crippen LogP contribution in [0.1, 0.15) is 13.8 Å². The van der Waals surface area contributed by atoms with E-state index in [2.05, 4.69) is 13.8 Å². The van der Waals surface area contributed by atoms with Gasteiger partial charge in [0.15, 0.2) is 0 Å². The van der Waals surface area contributed by atoms with Gasteiger partial charge in [-0.3, -0.25) is 0 Å². The maximum Gasteiger partial charge on any atom is 1.00 e. The molecule has 0 aromatic rings. The molecule has 0 radical (unpaired) electrons. The summed E-state index contributed by atoms with van der Waals surface area (Å²) in [5.41, 5.74) is 0. The average molecular weight is 260 g/mol. The molecule has 0 fully saturated rings. The first kappa shape index (κ1) is 16.7. The largest absolute Gasteiger partial charge is 1.00 e. The van der Waals surface area contributed by atoms with Crippen molar-refractivity contribution in [3.8, 4) is 0 Å². The molecule has 0 aliphatic heterocycles. The summed E-state index contributed by atoms with van der Waals surface area (Å²) < 4.78 is 0. The summed E-state index contributed by atoms with van der Waals surface area (Å²) in [4.78, 5) is 8.25. The molecule has 0 atom stereocenters. The van der Waals surface area contributed by atoms with E-state index < -0.39 is 5.09 Å². The molecule has 10 heavy (non-hydrogen) atoms. The van der Waals surface area contributed by atoms with Gasteiger partial charge in [0, 0.05) is 0 Å². The quantitative estimate of drug-likeness (QED) is 0.429. The molecule has 0 spiro atoms. The van der Waals surface area contributed by atoms with Gasteiger partial charge in [-0.25, -0.2) is 0 Å². The molecule has 0 amide bonds. The third-order valence-corrected chi connectivity index (χ3v) is 1.22. The van der Waals surface area contributed by atoms with E-state index in [-0.39, 0.29) is 22.4 Å². The van der Waals surface area contributed by atoms with Crippen LogP contribution in [0.15, 0.2) is 0 Å². The van der Waals surface area contributed by atoms with Crippen LogP contribution in [-0.2, 0) is 22.4 Å². The van der Waals surface area contributed by atoms with Gasteiger partial charge in [-0.05, 0) is 11.5 Å². The molecule has 6 heteroatoms. The zero-order valence-corrected chi connectivity index (χ0v) is 8.09. The molecule has 0 saturated heterocycles. The van der Waals surface area contributed by atoms with Gasteiger partial charge < -0.3 is 15.3 Å². The summed E-state index contributed by atoms with van der Waals surface area (Å²) in [6.45, 7) is 4.35. The Morgan fingerprint density at radius 3 is 1.50 bits per heavy atom. The monoisotopic (exact) mass is 259 g/mol. The first-order valence-electron chi connectivity index (χ1n) is 2.54. The third kappa shape index (κ3) is 84.0. The van der Waals surface area contributed by atoms with Gasteiger partial charge in [0.05, 0.1) is 5.09 Å². The molecule has 4 nitrogen and oxygen atoms in total. The van der Waals surface area contributed by atoms with Crippen molar-refractivity contribution < 1.29 is 27.5 Å². The van der Waals surface area contributed by atoms with E-state index in [1.807, 2.05) is 11.8 Å². The van der Waals surface area contributed by atoms with Gasteiger partial charge >= 0.3 is 22.4 Å². The van der Waals surface area contributed by atoms with Crippen molar-refractivity contribution in [1.82, 2.24) is 0 Å². The van der Waals surface area contributed by atoms with E-state index in [0.29, 0.717) is 0 Å². The predicted octanol–water partition coefficient (Wildman–Crippen LogP) is 1.52. The summed E-state index contributed by atoms with van der Waals surface area (Å²) >= 11 is 1.96. The summed E-state index contributed by atoms with van der Waals surface area (Å²) in [5, 5.41) is 14.8. The summed E-state index contributed by atoms with van der Waals surface area (Å²) in [5.74, 6) is 2.52. The van der Waals surface area contributed by atoms with E-state index in [1.165, 1.54) is 11.5 Å². The Bertz CT molecular complexity index is 67.5. The van der Waals surface area contributed by atoms with Crippen molar-refractivity contribution in [2.45, 2.75) is 13.8 Å². The minimum absolute atomic E-state index is 0. The van der Waals surface area contributed by atoms with Gasteiger partial charge in [-0.2, -0.15) is 11.8 Å². The number of rotatable bonds is 2. The summed E-state index contributed by atoms with van der Waals surface area (Å²) in [6.07, 6.45) is 0. The number of thioether (sulfide) groups is 1. The van der Waals surface area contributed by atoms with Crippen molar-refractivity contribution in [2.75, 3.05) is 11.5 Å². The Balaban J connectivity index is -0.0000000910. The van der Waals surface area contributed by atoms with Gasteiger partial charge in [0.1, 0.15) is 0 Å². The molecule has 0 bridgehead atoms. The van der Waals surface area contributed by atoms with Crippen LogP contribution in [0.2, 0.25) is 0 Å². The van der Waals surface area contributed by atoms with Crippen molar-refractivity contribution >= 4 is 11.8 Å². The zero-order chi connectivity index (χ0) is 7.70. The summed E-state index contributed by atoms with van der Waals surface area (Å²) in [7, 11) is 0. The zero-order valence-electron chi connectivity index (χ0n) is 5.80. The minimum Gasteiger partial charge on any atom is -0.356 e. The maximum atomic E-state index is 8.25. The molecular weight excluding hydrogens is 250 g/mol. The van der Waals surface area contributed by atoms with Crippen LogP contribution in [0, 0.1) is 15.3 Å². The van der Waals surface area contributed by atoms with Crippen molar-refractivity contribution in [3.63, 3.8) is 0 Å². The van der Waals surface area contributed by atoms with E-state index in [0.717, 1.165) is 0 Å². The van der Waals surface area contributed by atoms with E-state index in [9.17, 15) is 0 Å². The van der Waals surface area contributed by atoms with Crippen molar-refractivity contribution in [3.05, 3.63) is 15.3 Å². The van der Waals surface area contributed by atoms with Crippen LogP contribution >= 0.6 is 11.8 Å². The Morgan fingerprint density at radius 2 is 1.50 bits per heavy atom. The second-order valence-electron chi connectivity index (χ2n) is 1.01. The van der Waals surface area contributed by atoms with Crippen LogP contribution < -0.4 is 0 Å². The van der Waals surface area contributed by atoms with Crippen molar-refractivity contribution in [1.29, 1.82) is 0 Å². The molecule has 0 aliphatic carbocycles. The molecular formula is C4H10AgNO3S. The SMILES string of the molecule is CCSCC.O=[N+]([O-])[O-].[Ag+]. The maximum absolute atomic E-state index is 8.25. The number of hydrogen-bond donors (Lipinski definition) is 0. The third-order valence-electron chi connectivity index (χ3n) is 0.408. The fourth-order valence-electron chi connectivity index (χ4n) is 0.204. The van der Waals surface area contributed by atoms with Gasteiger partial charge in [0.25, 0.3) is 0 Å². The van der Waals surface area contributed by atoms with E-state index >= 15 is 0 Å². The standard InChI is InChI=1S/C4H10S.Ag.NO3/c1-3-5-4-2;;2-1(3)4/h3-4H2,1-2H3;;/q;+1;-1. The number of hydrogen-bond acceptors (Lipinski definition) is 4. The predicted molar refractivity (Wildman–Crippen MR) is 39.0 cm³/mol. The Kier molecular flexibility index (Phi) is 27.0. The second kappa shape index (κ2) is 16.1. The topological polar surface area (TPSA) is 66.2 Å². The fourth-order valence-corrected chi connectivity index (χ4v) is 0.612. The first-order valence-corrected chi connectivity index (χ1v) is 3.69. The van der Waals surface area contributed by atoms with Gasteiger partial charge in [-0.15, -0.1) is 0 Å². The normalized spacial score (nSPS) is 6.60. The van der Waals surface area contributed by atoms with Crippen LogP contribution in [0.25, 0.3) is 0 Å². The van der Waals surface area contributed by atoms with Crippen LogP contribution in [0.4, 0.5) is 0 Å². The molecule has 0 N–H and O–H groups in total. The van der Waals surface area contributed by atoms with Gasteiger partial charge in [-0.1, -0.05) is 13.8 Å². The molecule has 0 unspecified atom stereocenters. The molecule has 66 valence electrons. The van der Waals surface area contributed by atoms with Crippen LogP contribution in [0.5, 0.6) is 0 Å². The van der Waals surface area contributed by atoms with E-state index in [4.69, 9.17) is 15.3 Å². The van der Waals surface area contributed by atoms with Crippen molar-refractivity contribution in [2.24, 2.45) is 0 Å². The first-order chi connectivity index (χ1) is 4.15. The fraction of sp³-hybridized carbons (Fsp3) is 1.00. The second-order valence-corrected chi connectivity index (χ2v) is 2.57. The average Bonchev–Trinajstić information content (AvgIpc) is 1.66. The van der Waals surface area contributed by atoms with Crippen LogP contribution in [-0.4, -0.2) is 16.6 Å². The minimum atomic E-state index is -1.75. The molecule has 0 saturated carbocycles. The molecule has 0 rings (SSSR count). The van der Waals surface area contributed by atoms with Gasteiger partial charge in [0.2, 0.25) is 0 Å². The molecule has 0 aliphatic rings.